The molecule has 0 saturated carbocycles. The third-order valence-electron chi connectivity index (χ3n) is 6.89. The van der Waals surface area contributed by atoms with Gasteiger partial charge in [-0.15, -0.1) is 0 Å². The normalized spacial score (nSPS) is 17.8. The first-order chi connectivity index (χ1) is 18.0. The van der Waals surface area contributed by atoms with Crippen molar-refractivity contribution >= 4 is 27.8 Å². The SMILES string of the molecule is COc1cnc2[nH]c3cnc(-c4cnn(C)c4)cc3c2c1-c1ccc(C(=O)N[C@H]2CNCC[C@@H]2O)cc1. The van der Waals surface area contributed by atoms with E-state index in [1.54, 1.807) is 42.5 Å². The number of methoxy groups -OCH3 is 1. The predicted octanol–water partition coefficient (Wildman–Crippen LogP) is 2.64. The van der Waals surface area contributed by atoms with Gasteiger partial charge in [-0.25, -0.2) is 4.98 Å². The Kier molecular flexibility index (Phi) is 5.82. The van der Waals surface area contributed by atoms with Gasteiger partial charge in [-0.05, 0) is 36.7 Å². The molecule has 5 heterocycles. The third-order valence-corrected chi connectivity index (χ3v) is 6.89. The van der Waals surface area contributed by atoms with Crippen LogP contribution < -0.4 is 15.4 Å². The topological polar surface area (TPSA) is 130 Å². The molecule has 0 aliphatic carbocycles. The van der Waals surface area contributed by atoms with Crippen molar-refractivity contribution in [1.29, 1.82) is 0 Å². The molecule has 0 unspecified atom stereocenters. The Morgan fingerprint density at radius 1 is 1.16 bits per heavy atom. The van der Waals surface area contributed by atoms with Crippen LogP contribution in [0.25, 0.3) is 44.3 Å². The van der Waals surface area contributed by atoms with Crippen molar-refractivity contribution in [2.75, 3.05) is 20.2 Å². The molecular weight excluding hydrogens is 470 g/mol. The van der Waals surface area contributed by atoms with E-state index in [4.69, 9.17) is 4.74 Å². The van der Waals surface area contributed by atoms with E-state index in [0.29, 0.717) is 24.3 Å². The van der Waals surface area contributed by atoms with Crippen molar-refractivity contribution in [1.82, 2.24) is 35.4 Å². The summed E-state index contributed by atoms with van der Waals surface area (Å²) in [5, 5.41) is 22.5. The summed E-state index contributed by atoms with van der Waals surface area (Å²) >= 11 is 0. The number of aliphatic hydroxyl groups excluding tert-OH is 1. The van der Waals surface area contributed by atoms with E-state index < -0.39 is 6.10 Å². The number of hydrogen-bond acceptors (Lipinski definition) is 7. The molecule has 6 rings (SSSR count). The Hall–Kier alpha value is -4.28. The summed E-state index contributed by atoms with van der Waals surface area (Å²) < 4.78 is 7.46. The van der Waals surface area contributed by atoms with E-state index in [-0.39, 0.29) is 11.9 Å². The molecule has 5 aromatic rings. The van der Waals surface area contributed by atoms with Gasteiger partial charge in [-0.3, -0.25) is 14.5 Å². The number of hydrogen-bond donors (Lipinski definition) is 4. The second kappa shape index (κ2) is 9.30. The highest BCUT2D eigenvalue weighted by atomic mass is 16.5. The average molecular weight is 498 g/mol. The van der Waals surface area contributed by atoms with Crippen molar-refractivity contribution in [3.8, 4) is 28.1 Å². The third kappa shape index (κ3) is 4.20. The molecule has 0 bridgehead atoms. The minimum absolute atomic E-state index is 0.217. The molecule has 1 aromatic carbocycles. The lowest BCUT2D eigenvalue weighted by Crippen LogP contribution is -2.53. The van der Waals surface area contributed by atoms with E-state index in [1.807, 2.05) is 31.4 Å². The molecule has 1 amide bonds. The number of H-pyrrole nitrogens is 1. The zero-order valence-corrected chi connectivity index (χ0v) is 20.5. The lowest BCUT2D eigenvalue weighted by Gasteiger charge is -2.29. The van der Waals surface area contributed by atoms with Gasteiger partial charge in [0, 0.05) is 47.3 Å². The first-order valence-corrected chi connectivity index (χ1v) is 12.2. The van der Waals surface area contributed by atoms with Crippen LogP contribution in [0.2, 0.25) is 0 Å². The van der Waals surface area contributed by atoms with Gasteiger partial charge in [0.2, 0.25) is 0 Å². The largest absolute Gasteiger partial charge is 0.494 e. The van der Waals surface area contributed by atoms with Crippen LogP contribution in [0, 0.1) is 0 Å². The van der Waals surface area contributed by atoms with Crippen molar-refractivity contribution in [3.05, 3.63) is 60.7 Å². The smallest absolute Gasteiger partial charge is 0.251 e. The number of carbonyl (C=O) groups is 1. The highest BCUT2D eigenvalue weighted by Gasteiger charge is 2.25. The van der Waals surface area contributed by atoms with Crippen LogP contribution in [0.5, 0.6) is 5.75 Å². The van der Waals surface area contributed by atoms with Crippen LogP contribution in [-0.4, -0.2) is 68.1 Å². The molecule has 1 fully saturated rings. The van der Waals surface area contributed by atoms with Gasteiger partial charge in [0.25, 0.3) is 5.91 Å². The number of piperidine rings is 1. The van der Waals surface area contributed by atoms with Crippen molar-refractivity contribution < 1.29 is 14.6 Å². The number of rotatable bonds is 5. The molecule has 10 nitrogen and oxygen atoms in total. The van der Waals surface area contributed by atoms with Gasteiger partial charge in [-0.1, -0.05) is 12.1 Å². The van der Waals surface area contributed by atoms with Gasteiger partial charge < -0.3 is 25.5 Å². The summed E-state index contributed by atoms with van der Waals surface area (Å²) in [6, 6.07) is 9.11. The average Bonchev–Trinajstić information content (AvgIpc) is 3.52. The van der Waals surface area contributed by atoms with Gasteiger partial charge in [-0.2, -0.15) is 5.10 Å². The van der Waals surface area contributed by atoms with Gasteiger partial charge >= 0.3 is 0 Å². The Labute approximate surface area is 212 Å². The molecule has 1 saturated heterocycles. The number of aryl methyl sites for hydroxylation is 1. The number of nitrogens with zero attached hydrogens (tertiary/aromatic N) is 4. The number of fused-ring (bicyclic) bond motifs is 3. The second-order valence-electron chi connectivity index (χ2n) is 9.29. The van der Waals surface area contributed by atoms with Crippen LogP contribution in [0.1, 0.15) is 16.8 Å². The quantitative estimate of drug-likeness (QED) is 0.294. The first kappa shape index (κ1) is 23.1. The van der Waals surface area contributed by atoms with Gasteiger partial charge in [0.15, 0.2) is 0 Å². The number of nitrogens with one attached hydrogen (secondary N) is 3. The minimum Gasteiger partial charge on any atom is -0.494 e. The maximum Gasteiger partial charge on any atom is 0.251 e. The molecule has 1 aliphatic rings. The summed E-state index contributed by atoms with van der Waals surface area (Å²) in [7, 11) is 3.49. The summed E-state index contributed by atoms with van der Waals surface area (Å²) in [4.78, 5) is 25.4. The summed E-state index contributed by atoms with van der Waals surface area (Å²) in [6.07, 6.45) is 7.28. The zero-order chi connectivity index (χ0) is 25.5. The van der Waals surface area contributed by atoms with Crippen molar-refractivity contribution in [2.24, 2.45) is 7.05 Å². The van der Waals surface area contributed by atoms with E-state index in [9.17, 15) is 9.90 Å². The molecule has 0 radical (unpaired) electrons. The number of benzene rings is 1. The van der Waals surface area contributed by atoms with E-state index >= 15 is 0 Å². The molecule has 4 aromatic heterocycles. The zero-order valence-electron chi connectivity index (χ0n) is 20.5. The predicted molar refractivity (Wildman–Crippen MR) is 140 cm³/mol. The Morgan fingerprint density at radius 2 is 2.00 bits per heavy atom. The van der Waals surface area contributed by atoms with E-state index in [1.165, 1.54) is 0 Å². The molecule has 37 heavy (non-hydrogen) atoms. The van der Waals surface area contributed by atoms with Gasteiger partial charge in [0.1, 0.15) is 11.4 Å². The number of amides is 1. The number of aliphatic hydroxyl groups is 1. The maximum atomic E-state index is 12.8. The number of aromatic nitrogens is 5. The number of carbonyl (C=O) groups excluding carboxylic acids is 1. The monoisotopic (exact) mass is 497 g/mol. The molecule has 1 aliphatic heterocycles. The first-order valence-electron chi connectivity index (χ1n) is 12.2. The van der Waals surface area contributed by atoms with Crippen LogP contribution in [0.4, 0.5) is 0 Å². The fraction of sp³-hybridized carbons (Fsp3) is 0.259. The van der Waals surface area contributed by atoms with Crippen LogP contribution in [0.15, 0.2) is 55.1 Å². The summed E-state index contributed by atoms with van der Waals surface area (Å²) in [5.41, 5.74) is 5.60. The maximum absolute atomic E-state index is 12.8. The standard InChI is InChI=1S/C27H27N7O3/c1-34-14-17(10-31-34)19-9-18-20(12-29-19)32-26-25(18)24(23(37-2)13-30-26)15-3-5-16(6-4-15)27(36)33-21-11-28-8-7-22(21)35/h3-6,9-10,12-14,21-22,28,35H,7-8,11H2,1-2H3,(H,30,32)(H,33,36)/t21-,22-/m0/s1. The number of aromatic amines is 1. The highest BCUT2D eigenvalue weighted by molar-refractivity contribution is 6.14. The molecule has 0 spiro atoms. The van der Waals surface area contributed by atoms with E-state index in [0.717, 1.165) is 50.9 Å². The second-order valence-corrected chi connectivity index (χ2v) is 9.29. The lowest BCUT2D eigenvalue weighted by molar-refractivity contribution is 0.0755. The molecular formula is C27H27N7O3. The highest BCUT2D eigenvalue weighted by Crippen LogP contribution is 2.40. The molecule has 4 N–H and O–H groups in total. The Morgan fingerprint density at radius 3 is 2.73 bits per heavy atom. The Balaban J connectivity index is 1.41. The van der Waals surface area contributed by atoms with Crippen molar-refractivity contribution in [2.45, 2.75) is 18.6 Å². The lowest BCUT2D eigenvalue weighted by atomic mass is 9.98. The van der Waals surface area contributed by atoms with Crippen LogP contribution >= 0.6 is 0 Å². The fourth-order valence-corrected chi connectivity index (χ4v) is 4.92. The minimum atomic E-state index is -0.549. The van der Waals surface area contributed by atoms with Crippen LogP contribution in [-0.2, 0) is 7.05 Å². The summed E-state index contributed by atoms with van der Waals surface area (Å²) in [5.74, 6) is 0.409. The summed E-state index contributed by atoms with van der Waals surface area (Å²) in [6.45, 7) is 1.30. The molecule has 188 valence electrons. The van der Waals surface area contributed by atoms with Gasteiger partial charge in [0.05, 0.1) is 49.1 Å². The molecule has 10 heteroatoms. The van der Waals surface area contributed by atoms with Crippen molar-refractivity contribution in [3.63, 3.8) is 0 Å². The van der Waals surface area contributed by atoms with Crippen LogP contribution in [0.3, 0.4) is 0 Å². The molecule has 2 atom stereocenters. The Bertz CT molecular complexity index is 1610. The number of ether oxygens (including phenoxy) is 1. The fourth-order valence-electron chi connectivity index (χ4n) is 4.92. The van der Waals surface area contributed by atoms with E-state index in [2.05, 4.69) is 30.7 Å². The number of pyridine rings is 2.